The summed E-state index contributed by atoms with van der Waals surface area (Å²) in [5.41, 5.74) is 2.39. The molecule has 0 aliphatic heterocycles. The summed E-state index contributed by atoms with van der Waals surface area (Å²) in [5.74, 6) is -2.13. The molecule has 2 aliphatic rings. The second-order valence-electron chi connectivity index (χ2n) is 12.3. The number of carboxylic acid groups (broad SMARTS) is 2. The van der Waals surface area contributed by atoms with Gasteiger partial charge in [-0.3, -0.25) is 4.79 Å². The van der Waals surface area contributed by atoms with Crippen LogP contribution in [0, 0.1) is 0 Å². The van der Waals surface area contributed by atoms with Crippen LogP contribution in [-0.2, 0) is 11.3 Å². The zero-order valence-electron chi connectivity index (χ0n) is 25.4. The number of rotatable bonds is 5. The van der Waals surface area contributed by atoms with Gasteiger partial charge in [0.05, 0.1) is 11.1 Å². The number of benzene rings is 9. The van der Waals surface area contributed by atoms with Gasteiger partial charge < -0.3 is 15.1 Å². The monoisotopic (exact) mass is 615 g/mol. The van der Waals surface area contributed by atoms with Gasteiger partial charge in [0.15, 0.2) is 5.43 Å². The van der Waals surface area contributed by atoms with Gasteiger partial charge in [-0.1, -0.05) is 61.0 Å². The van der Waals surface area contributed by atoms with Crippen LogP contribution in [0.1, 0.15) is 39.6 Å². The topological polar surface area (TPSA) is 113 Å². The summed E-state index contributed by atoms with van der Waals surface area (Å²) in [5, 5.41) is 36.6. The lowest BCUT2D eigenvalue weighted by Gasteiger charge is -2.21. The van der Waals surface area contributed by atoms with E-state index in [1.165, 1.54) is 19.2 Å². The number of aryl methyl sites for hydroxylation is 1. The van der Waals surface area contributed by atoms with E-state index in [9.17, 15) is 24.6 Å². The van der Waals surface area contributed by atoms with Crippen LogP contribution >= 0.6 is 0 Å². The third kappa shape index (κ3) is 3.51. The minimum Gasteiger partial charge on any atom is -0.478 e. The van der Waals surface area contributed by atoms with Crippen LogP contribution < -0.4 is 10.8 Å². The van der Waals surface area contributed by atoms with Gasteiger partial charge in [0, 0.05) is 27.3 Å². The second-order valence-corrected chi connectivity index (χ2v) is 12.3. The minimum atomic E-state index is -1.11. The third-order valence-corrected chi connectivity index (χ3v) is 9.86. The molecule has 0 atom stereocenters. The molecule has 226 valence electrons. The molecule has 7 heteroatoms. The van der Waals surface area contributed by atoms with Gasteiger partial charge in [0.2, 0.25) is 0 Å². The van der Waals surface area contributed by atoms with Gasteiger partial charge in [-0.05, 0) is 108 Å². The summed E-state index contributed by atoms with van der Waals surface area (Å²) in [6, 6.07) is 24.7. The first-order chi connectivity index (χ1) is 22.8. The number of carbonyl (C=O) groups is 2. The standard InChI is InChI=1S/C40H25NO6/c1-3-5-19-13-30-35-23(10-8-18-6-4-7-22(19)33(18)35)25-15-26-24-11-9-20-12-21(39(43)44)14-29-32(42)17-31(36(24)34(20)29)38(41-47-2)28(26)16-27(25)37(30)40(45)46/h4,6-17H,3,5H2,1-2H3,(H,43,44)(H,45,46)/b41-38+. The number of aromatic carboxylic acids is 2. The minimum absolute atomic E-state index is 0.0401. The molecule has 2 aliphatic carbocycles. The van der Waals surface area contributed by atoms with Crippen molar-refractivity contribution in [2.24, 2.45) is 5.16 Å². The Hall–Kier alpha value is -6.08. The van der Waals surface area contributed by atoms with Crippen molar-refractivity contribution in [1.82, 2.24) is 0 Å². The molecular weight excluding hydrogens is 590 g/mol. The fourth-order valence-electron chi connectivity index (χ4n) is 8.06. The highest BCUT2D eigenvalue weighted by molar-refractivity contribution is 6.35. The number of hydrogen-bond donors (Lipinski definition) is 2. The fourth-order valence-corrected chi connectivity index (χ4v) is 8.06. The summed E-state index contributed by atoms with van der Waals surface area (Å²) in [6.07, 6.45) is 1.75. The van der Waals surface area contributed by atoms with Crippen molar-refractivity contribution in [2.45, 2.75) is 19.8 Å². The van der Waals surface area contributed by atoms with Crippen molar-refractivity contribution in [3.63, 3.8) is 0 Å². The van der Waals surface area contributed by atoms with Crippen molar-refractivity contribution in [3.05, 3.63) is 111 Å². The molecule has 0 heterocycles. The van der Waals surface area contributed by atoms with Crippen molar-refractivity contribution in [1.29, 1.82) is 0 Å². The fraction of sp³-hybridized carbons (Fsp3) is 0.100. The predicted molar refractivity (Wildman–Crippen MR) is 186 cm³/mol. The van der Waals surface area contributed by atoms with E-state index in [4.69, 9.17) is 4.84 Å². The quantitative estimate of drug-likeness (QED) is 0.114. The lowest BCUT2D eigenvalue weighted by Crippen LogP contribution is -2.16. The first-order valence-corrected chi connectivity index (χ1v) is 15.5. The van der Waals surface area contributed by atoms with E-state index in [0.29, 0.717) is 43.2 Å². The Morgan fingerprint density at radius 2 is 1.45 bits per heavy atom. The molecule has 0 amide bonds. The van der Waals surface area contributed by atoms with E-state index in [0.717, 1.165) is 67.1 Å². The lowest BCUT2D eigenvalue weighted by molar-refractivity contribution is 0.0688. The van der Waals surface area contributed by atoms with Crippen LogP contribution in [0.3, 0.4) is 0 Å². The van der Waals surface area contributed by atoms with E-state index < -0.39 is 11.9 Å². The van der Waals surface area contributed by atoms with Crippen LogP contribution in [0.4, 0.5) is 0 Å². The Kier molecular flexibility index (Phi) is 5.49. The molecule has 0 aromatic heterocycles. The van der Waals surface area contributed by atoms with Crippen molar-refractivity contribution >= 4 is 87.3 Å². The molecular formula is C40H25NO6. The van der Waals surface area contributed by atoms with E-state index in [2.05, 4.69) is 48.5 Å². The smallest absolute Gasteiger partial charge is 0.336 e. The van der Waals surface area contributed by atoms with Crippen molar-refractivity contribution in [3.8, 4) is 11.1 Å². The summed E-state index contributed by atoms with van der Waals surface area (Å²) >= 11 is 0. The predicted octanol–water partition coefficient (Wildman–Crippen LogP) is 8.35. The zero-order chi connectivity index (χ0) is 32.3. The van der Waals surface area contributed by atoms with Gasteiger partial charge in [-0.25, -0.2) is 9.59 Å². The molecule has 0 spiro atoms. The van der Waals surface area contributed by atoms with E-state index in [1.807, 2.05) is 24.3 Å². The Balaban J connectivity index is 1.56. The Morgan fingerprint density at radius 3 is 2.21 bits per heavy atom. The van der Waals surface area contributed by atoms with Gasteiger partial charge in [-0.2, -0.15) is 0 Å². The Labute approximate surface area is 265 Å². The Bertz CT molecular complexity index is 2930. The number of carboxylic acids is 2. The molecule has 0 radical (unpaired) electrons. The molecule has 0 saturated heterocycles. The molecule has 0 saturated carbocycles. The maximum Gasteiger partial charge on any atom is 0.336 e. The summed E-state index contributed by atoms with van der Waals surface area (Å²) in [7, 11) is 1.44. The molecule has 7 aromatic rings. The van der Waals surface area contributed by atoms with E-state index in [1.54, 1.807) is 6.07 Å². The SMILES string of the molecule is CCCc1cc2c(C(=O)O)c3cc4/c(=N\OC)c5cc(=O)c6cc(C(=O)O)cc7ccc(c-5c76)c4cc3c3ccc4cccc1c4c23. The zero-order valence-corrected chi connectivity index (χ0v) is 25.4. The molecule has 7 nitrogen and oxygen atoms in total. The van der Waals surface area contributed by atoms with Crippen LogP contribution in [0.25, 0.3) is 86.5 Å². The molecule has 0 bridgehead atoms. The van der Waals surface area contributed by atoms with Gasteiger partial charge in [0.25, 0.3) is 0 Å². The maximum atomic E-state index is 13.5. The van der Waals surface area contributed by atoms with Crippen molar-refractivity contribution < 1.29 is 24.6 Å². The summed E-state index contributed by atoms with van der Waals surface area (Å²) < 4.78 is 0. The first-order valence-electron chi connectivity index (χ1n) is 15.5. The number of hydrogen-bond acceptors (Lipinski definition) is 5. The van der Waals surface area contributed by atoms with Crippen molar-refractivity contribution in [2.75, 3.05) is 7.11 Å². The van der Waals surface area contributed by atoms with Crippen LogP contribution in [0.2, 0.25) is 0 Å². The molecule has 0 unspecified atom stereocenters. The third-order valence-electron chi connectivity index (χ3n) is 9.86. The second kappa shape index (κ2) is 9.47. The Morgan fingerprint density at radius 1 is 0.681 bits per heavy atom. The summed E-state index contributed by atoms with van der Waals surface area (Å²) in [6.45, 7) is 2.12. The van der Waals surface area contributed by atoms with Crippen LogP contribution in [0.5, 0.6) is 0 Å². The molecule has 2 N–H and O–H groups in total. The van der Waals surface area contributed by atoms with Crippen LogP contribution in [-0.4, -0.2) is 29.3 Å². The van der Waals surface area contributed by atoms with E-state index in [-0.39, 0.29) is 16.6 Å². The number of nitrogens with zero attached hydrogens (tertiary/aromatic N) is 1. The average Bonchev–Trinajstić information content (AvgIpc) is 3.06. The highest BCUT2D eigenvalue weighted by atomic mass is 16.6. The van der Waals surface area contributed by atoms with Gasteiger partial charge >= 0.3 is 11.9 Å². The maximum absolute atomic E-state index is 13.5. The largest absolute Gasteiger partial charge is 0.478 e. The normalized spacial score (nSPS) is 12.8. The average molecular weight is 616 g/mol. The highest BCUT2D eigenvalue weighted by Crippen LogP contribution is 2.46. The van der Waals surface area contributed by atoms with Gasteiger partial charge in [-0.15, -0.1) is 0 Å². The van der Waals surface area contributed by atoms with Gasteiger partial charge in [0.1, 0.15) is 12.5 Å². The first kappa shape index (κ1) is 27.2. The highest BCUT2D eigenvalue weighted by Gasteiger charge is 2.26. The summed E-state index contributed by atoms with van der Waals surface area (Å²) in [4.78, 5) is 44.0. The molecule has 7 aromatic carbocycles. The lowest BCUT2D eigenvalue weighted by atomic mass is 9.82. The van der Waals surface area contributed by atoms with E-state index >= 15 is 0 Å². The molecule has 0 fully saturated rings. The molecule has 47 heavy (non-hydrogen) atoms. The van der Waals surface area contributed by atoms with Crippen LogP contribution in [0.15, 0.2) is 88.8 Å². The molecule has 9 rings (SSSR count). The number of fused-ring (bicyclic) bond motifs is 4.